The zero-order valence-corrected chi connectivity index (χ0v) is 15.9. The van der Waals surface area contributed by atoms with Gasteiger partial charge in [0.2, 0.25) is 11.8 Å². The van der Waals surface area contributed by atoms with E-state index in [1.807, 2.05) is 42.5 Å². The first-order chi connectivity index (χ1) is 13.1. The average Bonchev–Trinajstić information content (AvgIpc) is 2.72. The smallest absolute Gasteiger partial charge is 0.223 e. The van der Waals surface area contributed by atoms with Crippen LogP contribution >= 0.6 is 11.6 Å². The highest BCUT2D eigenvalue weighted by atomic mass is 35.5. The molecule has 1 fully saturated rings. The van der Waals surface area contributed by atoms with Crippen molar-refractivity contribution in [2.24, 2.45) is 11.8 Å². The Morgan fingerprint density at radius 1 is 0.889 bits per heavy atom. The summed E-state index contributed by atoms with van der Waals surface area (Å²) in [4.78, 5) is 29.0. The largest absolute Gasteiger partial charge is 0.352 e. The predicted octanol–water partition coefficient (Wildman–Crippen LogP) is 3.47. The van der Waals surface area contributed by atoms with Gasteiger partial charge in [-0.1, -0.05) is 35.9 Å². The maximum Gasteiger partial charge on any atom is 0.223 e. The molecule has 1 saturated carbocycles. The van der Waals surface area contributed by atoms with Gasteiger partial charge in [0.05, 0.1) is 12.2 Å². The van der Waals surface area contributed by atoms with Crippen molar-refractivity contribution >= 4 is 23.4 Å². The summed E-state index contributed by atoms with van der Waals surface area (Å²) in [6, 6.07) is 13.1. The summed E-state index contributed by atoms with van der Waals surface area (Å²) >= 11 is 6.12. The molecule has 2 N–H and O–H groups in total. The summed E-state index contributed by atoms with van der Waals surface area (Å²) in [5.74, 6) is 0.0338. The van der Waals surface area contributed by atoms with Crippen LogP contribution in [0.3, 0.4) is 0 Å². The van der Waals surface area contributed by atoms with Gasteiger partial charge in [-0.05, 0) is 49.4 Å². The molecule has 0 saturated heterocycles. The Bertz CT molecular complexity index is 774. The number of hydrogen-bond acceptors (Lipinski definition) is 3. The van der Waals surface area contributed by atoms with Crippen LogP contribution in [0, 0.1) is 11.8 Å². The summed E-state index contributed by atoms with van der Waals surface area (Å²) in [6.45, 7) is 0.876. The zero-order valence-electron chi connectivity index (χ0n) is 15.2. The van der Waals surface area contributed by atoms with Crippen molar-refractivity contribution in [2.45, 2.75) is 38.8 Å². The minimum Gasteiger partial charge on any atom is -0.352 e. The molecule has 6 heteroatoms. The number of rotatable bonds is 6. The number of nitrogens with one attached hydrogen (secondary N) is 2. The summed E-state index contributed by atoms with van der Waals surface area (Å²) in [7, 11) is 0. The molecular formula is C21H24ClN3O2. The number of hydrogen-bond donors (Lipinski definition) is 2. The predicted molar refractivity (Wildman–Crippen MR) is 105 cm³/mol. The van der Waals surface area contributed by atoms with Crippen molar-refractivity contribution in [1.82, 2.24) is 15.6 Å². The Labute approximate surface area is 164 Å². The van der Waals surface area contributed by atoms with E-state index < -0.39 is 0 Å². The van der Waals surface area contributed by atoms with E-state index in [0.717, 1.165) is 36.9 Å². The lowest BCUT2D eigenvalue weighted by Crippen LogP contribution is -2.37. The first-order valence-corrected chi connectivity index (χ1v) is 9.70. The topological polar surface area (TPSA) is 71.1 Å². The normalized spacial score (nSPS) is 19.3. The highest BCUT2D eigenvalue weighted by molar-refractivity contribution is 6.31. The van der Waals surface area contributed by atoms with Crippen LogP contribution in [0.15, 0.2) is 48.7 Å². The van der Waals surface area contributed by atoms with Crippen LogP contribution in [0.4, 0.5) is 0 Å². The van der Waals surface area contributed by atoms with Crippen molar-refractivity contribution in [1.29, 1.82) is 0 Å². The molecule has 0 unspecified atom stereocenters. The van der Waals surface area contributed by atoms with Gasteiger partial charge in [0.1, 0.15) is 0 Å². The second kappa shape index (κ2) is 9.51. The molecule has 0 bridgehead atoms. The SMILES string of the molecule is O=C(NCc1ccccn1)C1CCC(C(=O)NCc2ccccc2Cl)CC1. The van der Waals surface area contributed by atoms with Crippen LogP contribution in [-0.4, -0.2) is 16.8 Å². The lowest BCUT2D eigenvalue weighted by Gasteiger charge is -2.27. The van der Waals surface area contributed by atoms with Crippen molar-refractivity contribution in [3.05, 3.63) is 64.9 Å². The van der Waals surface area contributed by atoms with E-state index in [1.54, 1.807) is 6.20 Å². The number of carbonyl (C=O) groups excluding carboxylic acids is 2. The molecular weight excluding hydrogens is 362 g/mol. The Hall–Kier alpha value is -2.40. The van der Waals surface area contributed by atoms with Crippen LogP contribution in [0.25, 0.3) is 0 Å². The van der Waals surface area contributed by atoms with Gasteiger partial charge in [0.15, 0.2) is 0 Å². The van der Waals surface area contributed by atoms with E-state index in [0.29, 0.717) is 18.1 Å². The van der Waals surface area contributed by atoms with Crippen molar-refractivity contribution < 1.29 is 9.59 Å². The Morgan fingerprint density at radius 2 is 1.48 bits per heavy atom. The van der Waals surface area contributed by atoms with Crippen molar-refractivity contribution in [2.75, 3.05) is 0 Å². The van der Waals surface area contributed by atoms with E-state index in [2.05, 4.69) is 15.6 Å². The number of carbonyl (C=O) groups is 2. The molecule has 3 rings (SSSR count). The van der Waals surface area contributed by atoms with Crippen LogP contribution in [-0.2, 0) is 22.7 Å². The lowest BCUT2D eigenvalue weighted by molar-refractivity contribution is -0.130. The second-order valence-electron chi connectivity index (χ2n) is 6.90. The van der Waals surface area contributed by atoms with Crippen LogP contribution in [0.1, 0.15) is 36.9 Å². The average molecular weight is 386 g/mol. The third-order valence-corrected chi connectivity index (χ3v) is 5.42. The number of amides is 2. The Balaban J connectivity index is 1.40. The molecule has 0 atom stereocenters. The fourth-order valence-corrected chi connectivity index (χ4v) is 3.61. The summed E-state index contributed by atoms with van der Waals surface area (Å²) < 4.78 is 0. The molecule has 0 aliphatic heterocycles. The van der Waals surface area contributed by atoms with Crippen LogP contribution in [0.2, 0.25) is 5.02 Å². The van der Waals surface area contributed by atoms with Gasteiger partial charge in [-0.25, -0.2) is 0 Å². The molecule has 5 nitrogen and oxygen atoms in total. The number of nitrogens with zero attached hydrogens (tertiary/aromatic N) is 1. The van der Waals surface area contributed by atoms with Gasteiger partial charge >= 0.3 is 0 Å². The standard InChI is InChI=1S/C21H24ClN3O2/c22-19-7-2-1-5-17(19)13-24-20(26)15-8-10-16(11-9-15)21(27)25-14-18-6-3-4-12-23-18/h1-7,12,15-16H,8-11,13-14H2,(H,24,26)(H,25,27). The van der Waals surface area contributed by atoms with E-state index >= 15 is 0 Å². The Kier molecular flexibility index (Phi) is 6.82. The molecule has 2 amide bonds. The molecule has 27 heavy (non-hydrogen) atoms. The monoisotopic (exact) mass is 385 g/mol. The highest BCUT2D eigenvalue weighted by Crippen LogP contribution is 2.29. The molecule has 1 aromatic heterocycles. The minimum absolute atomic E-state index is 0.0265. The maximum absolute atomic E-state index is 12.4. The fourth-order valence-electron chi connectivity index (χ4n) is 3.41. The number of benzene rings is 1. The van der Waals surface area contributed by atoms with E-state index in [1.165, 1.54) is 0 Å². The minimum atomic E-state index is -0.0349. The second-order valence-corrected chi connectivity index (χ2v) is 7.30. The van der Waals surface area contributed by atoms with Gasteiger partial charge < -0.3 is 10.6 Å². The van der Waals surface area contributed by atoms with Gasteiger partial charge in [0, 0.05) is 29.6 Å². The van der Waals surface area contributed by atoms with Crippen molar-refractivity contribution in [3.63, 3.8) is 0 Å². The van der Waals surface area contributed by atoms with Crippen molar-refractivity contribution in [3.8, 4) is 0 Å². The molecule has 2 aromatic rings. The number of halogens is 1. The molecule has 1 heterocycles. The first kappa shape index (κ1) is 19.4. The molecule has 142 valence electrons. The van der Waals surface area contributed by atoms with E-state index in [9.17, 15) is 9.59 Å². The maximum atomic E-state index is 12.4. The quantitative estimate of drug-likeness (QED) is 0.799. The molecule has 0 spiro atoms. The summed E-state index contributed by atoms with van der Waals surface area (Å²) in [6.07, 6.45) is 4.65. The van der Waals surface area contributed by atoms with Gasteiger partial charge in [-0.15, -0.1) is 0 Å². The number of pyridine rings is 1. The van der Waals surface area contributed by atoms with E-state index in [-0.39, 0.29) is 23.7 Å². The van der Waals surface area contributed by atoms with Crippen LogP contribution in [0.5, 0.6) is 0 Å². The molecule has 1 aliphatic rings. The molecule has 1 aromatic carbocycles. The Morgan fingerprint density at radius 3 is 2.07 bits per heavy atom. The number of aromatic nitrogens is 1. The van der Waals surface area contributed by atoms with Gasteiger partial charge in [-0.2, -0.15) is 0 Å². The third kappa shape index (κ3) is 5.54. The molecule has 1 aliphatic carbocycles. The first-order valence-electron chi connectivity index (χ1n) is 9.32. The fraction of sp³-hybridized carbons (Fsp3) is 0.381. The highest BCUT2D eigenvalue weighted by Gasteiger charge is 2.29. The van der Waals surface area contributed by atoms with E-state index in [4.69, 9.17) is 11.6 Å². The van der Waals surface area contributed by atoms with Crippen LogP contribution < -0.4 is 10.6 Å². The summed E-state index contributed by atoms with van der Waals surface area (Å²) in [5.41, 5.74) is 1.76. The van der Waals surface area contributed by atoms with Gasteiger partial charge in [0.25, 0.3) is 0 Å². The summed E-state index contributed by atoms with van der Waals surface area (Å²) in [5, 5.41) is 6.58. The molecule has 0 radical (unpaired) electrons. The third-order valence-electron chi connectivity index (χ3n) is 5.05. The lowest BCUT2D eigenvalue weighted by atomic mass is 9.81. The zero-order chi connectivity index (χ0) is 19.1. The van der Waals surface area contributed by atoms with Gasteiger partial charge in [-0.3, -0.25) is 14.6 Å².